The fourth-order valence-corrected chi connectivity index (χ4v) is 4.76. The minimum Gasteiger partial charge on any atom is -0.345 e. The molecule has 0 unspecified atom stereocenters. The average molecular weight is 493 g/mol. The van der Waals surface area contributed by atoms with Crippen LogP contribution in [-0.2, 0) is 17.1 Å². The molecule has 0 amide bonds. The van der Waals surface area contributed by atoms with E-state index in [1.807, 2.05) is 0 Å². The summed E-state index contributed by atoms with van der Waals surface area (Å²) >= 11 is 0. The number of nitrogens with one attached hydrogen (secondary N) is 2. The zero-order valence-corrected chi connectivity index (χ0v) is 19.0. The van der Waals surface area contributed by atoms with E-state index >= 15 is 0 Å². The second-order valence-corrected chi connectivity index (χ2v) is 9.49. The smallest absolute Gasteiger partial charge is 0.261 e. The number of carbonyl (C=O) groups excluding carboxylic acids is 1. The molecule has 35 heavy (non-hydrogen) atoms. The average Bonchev–Trinajstić information content (AvgIpc) is 3.45. The van der Waals surface area contributed by atoms with E-state index < -0.39 is 27.4 Å². The van der Waals surface area contributed by atoms with Crippen LogP contribution in [0.1, 0.15) is 15.9 Å². The maximum Gasteiger partial charge on any atom is 0.261 e. The first-order valence-corrected chi connectivity index (χ1v) is 11.8. The molecule has 0 aliphatic carbocycles. The summed E-state index contributed by atoms with van der Waals surface area (Å²) in [5, 5.41) is 4.60. The Morgan fingerprint density at radius 1 is 1.03 bits per heavy atom. The van der Waals surface area contributed by atoms with Crippen LogP contribution in [-0.4, -0.2) is 33.9 Å². The van der Waals surface area contributed by atoms with Gasteiger partial charge in [-0.3, -0.25) is 14.2 Å². The van der Waals surface area contributed by atoms with Gasteiger partial charge in [0, 0.05) is 53.4 Å². The molecule has 3 aromatic heterocycles. The molecule has 2 aromatic carbocycles. The first kappa shape index (κ1) is 22.4. The van der Waals surface area contributed by atoms with Crippen LogP contribution >= 0.6 is 0 Å². The second-order valence-electron chi connectivity index (χ2n) is 7.81. The third-order valence-electron chi connectivity index (χ3n) is 5.38. The van der Waals surface area contributed by atoms with Crippen molar-refractivity contribution in [1.29, 1.82) is 0 Å². The van der Waals surface area contributed by atoms with Gasteiger partial charge in [0.2, 0.25) is 0 Å². The molecule has 0 saturated heterocycles. The highest BCUT2D eigenvalue weighted by molar-refractivity contribution is 7.92. The molecule has 2 N–H and O–H groups in total. The van der Waals surface area contributed by atoms with Crippen LogP contribution < -0.4 is 4.72 Å². The van der Waals surface area contributed by atoms with Crippen LogP contribution in [0.2, 0.25) is 0 Å². The molecule has 0 spiro atoms. The summed E-state index contributed by atoms with van der Waals surface area (Å²) < 4.78 is 57.3. The van der Waals surface area contributed by atoms with Crippen molar-refractivity contribution < 1.29 is 22.0 Å². The van der Waals surface area contributed by atoms with E-state index in [-0.39, 0.29) is 21.7 Å². The zero-order valence-electron chi connectivity index (χ0n) is 18.2. The van der Waals surface area contributed by atoms with E-state index in [0.717, 1.165) is 35.4 Å². The van der Waals surface area contributed by atoms with E-state index in [1.54, 1.807) is 36.4 Å². The third-order valence-corrected chi connectivity index (χ3v) is 6.76. The van der Waals surface area contributed by atoms with Crippen molar-refractivity contribution in [3.8, 4) is 11.1 Å². The number of aryl methyl sites for hydroxylation is 1. The Labute approximate surface area is 198 Å². The Morgan fingerprint density at radius 3 is 2.60 bits per heavy atom. The number of halogens is 2. The van der Waals surface area contributed by atoms with Gasteiger partial charge in [-0.15, -0.1) is 0 Å². The Hall–Kier alpha value is -4.38. The first-order chi connectivity index (χ1) is 16.7. The summed E-state index contributed by atoms with van der Waals surface area (Å²) in [6.07, 6.45) is 6.51. The molecule has 0 bridgehead atoms. The van der Waals surface area contributed by atoms with Crippen LogP contribution in [0.4, 0.5) is 14.5 Å². The number of rotatable bonds is 6. The van der Waals surface area contributed by atoms with Crippen molar-refractivity contribution in [3.63, 3.8) is 0 Å². The van der Waals surface area contributed by atoms with Gasteiger partial charge in [-0.1, -0.05) is 6.07 Å². The van der Waals surface area contributed by atoms with Crippen molar-refractivity contribution in [2.24, 2.45) is 7.05 Å². The SMILES string of the molecule is Cn1cc(-c2cnc3[nH]cc(C(=O)c4cc(NS(=O)(=O)c5cccc(F)c5)ccc4F)c3c2)cn1. The number of H-pyrrole nitrogens is 1. The van der Waals surface area contributed by atoms with E-state index in [4.69, 9.17) is 0 Å². The van der Waals surface area contributed by atoms with Gasteiger partial charge in [0.05, 0.1) is 16.7 Å². The molecule has 8 nitrogen and oxygen atoms in total. The van der Waals surface area contributed by atoms with Gasteiger partial charge >= 0.3 is 0 Å². The van der Waals surface area contributed by atoms with Gasteiger partial charge in [0.25, 0.3) is 10.0 Å². The van der Waals surface area contributed by atoms with Crippen molar-refractivity contribution in [1.82, 2.24) is 19.7 Å². The number of nitrogens with zero attached hydrogens (tertiary/aromatic N) is 3. The van der Waals surface area contributed by atoms with Crippen molar-refractivity contribution in [3.05, 3.63) is 96.1 Å². The minimum absolute atomic E-state index is 0.0481. The van der Waals surface area contributed by atoms with Crippen LogP contribution in [0.15, 0.2) is 78.2 Å². The molecule has 0 aliphatic heterocycles. The molecule has 5 aromatic rings. The first-order valence-electron chi connectivity index (χ1n) is 10.3. The predicted octanol–water partition coefficient (Wildman–Crippen LogP) is 4.27. The molecule has 0 saturated carbocycles. The molecule has 176 valence electrons. The number of aromatic amines is 1. The number of hydrogen-bond donors (Lipinski definition) is 2. The maximum absolute atomic E-state index is 14.7. The van der Waals surface area contributed by atoms with E-state index in [9.17, 15) is 22.0 Å². The number of benzene rings is 2. The highest BCUT2D eigenvalue weighted by atomic mass is 32.2. The van der Waals surface area contributed by atoms with E-state index in [2.05, 4.69) is 19.8 Å². The normalized spacial score (nSPS) is 11.6. The summed E-state index contributed by atoms with van der Waals surface area (Å²) in [6.45, 7) is 0. The Morgan fingerprint density at radius 2 is 1.86 bits per heavy atom. The highest BCUT2D eigenvalue weighted by Crippen LogP contribution is 2.28. The fraction of sp³-hybridized carbons (Fsp3) is 0.0417. The number of pyridine rings is 1. The number of carbonyl (C=O) groups is 1. The summed E-state index contributed by atoms with van der Waals surface area (Å²) in [5.41, 5.74) is 1.73. The molecule has 0 radical (unpaired) electrons. The lowest BCUT2D eigenvalue weighted by molar-refractivity contribution is 0.103. The van der Waals surface area contributed by atoms with Crippen LogP contribution in [0.3, 0.4) is 0 Å². The maximum atomic E-state index is 14.7. The summed E-state index contributed by atoms with van der Waals surface area (Å²) in [7, 11) is -2.38. The summed E-state index contributed by atoms with van der Waals surface area (Å²) in [5.74, 6) is -2.21. The number of hydrogen-bond acceptors (Lipinski definition) is 5. The Balaban J connectivity index is 1.51. The van der Waals surface area contributed by atoms with Crippen LogP contribution in [0.5, 0.6) is 0 Å². The number of ketones is 1. The fourth-order valence-electron chi connectivity index (χ4n) is 3.68. The monoisotopic (exact) mass is 493 g/mol. The zero-order chi connectivity index (χ0) is 24.7. The molecule has 0 fully saturated rings. The van der Waals surface area contributed by atoms with E-state index in [1.165, 1.54) is 24.4 Å². The lowest BCUT2D eigenvalue weighted by Crippen LogP contribution is -2.14. The lowest BCUT2D eigenvalue weighted by Gasteiger charge is -2.10. The van der Waals surface area contributed by atoms with Gasteiger partial charge in [-0.25, -0.2) is 22.2 Å². The van der Waals surface area contributed by atoms with Crippen molar-refractivity contribution >= 4 is 32.5 Å². The second kappa shape index (κ2) is 8.44. The van der Waals surface area contributed by atoms with Gasteiger partial charge in [0.1, 0.15) is 17.3 Å². The van der Waals surface area contributed by atoms with Crippen LogP contribution in [0.25, 0.3) is 22.2 Å². The quantitative estimate of drug-likeness (QED) is 0.343. The Bertz CT molecular complexity index is 1710. The molecule has 11 heteroatoms. The number of aromatic nitrogens is 4. The third kappa shape index (κ3) is 4.28. The number of sulfonamides is 1. The molecule has 0 atom stereocenters. The molecular formula is C24H17F2N5O3S. The van der Waals surface area contributed by atoms with Gasteiger partial charge in [-0.2, -0.15) is 5.10 Å². The number of fused-ring (bicyclic) bond motifs is 1. The van der Waals surface area contributed by atoms with Gasteiger partial charge in [0.15, 0.2) is 5.78 Å². The van der Waals surface area contributed by atoms with Crippen molar-refractivity contribution in [2.45, 2.75) is 4.90 Å². The Kier molecular flexibility index (Phi) is 5.40. The van der Waals surface area contributed by atoms with Gasteiger partial charge in [-0.05, 0) is 42.5 Å². The van der Waals surface area contributed by atoms with Crippen molar-refractivity contribution in [2.75, 3.05) is 4.72 Å². The molecular weight excluding hydrogens is 476 g/mol. The largest absolute Gasteiger partial charge is 0.345 e. The predicted molar refractivity (Wildman–Crippen MR) is 125 cm³/mol. The molecule has 3 heterocycles. The summed E-state index contributed by atoms with van der Waals surface area (Å²) in [4.78, 5) is 20.2. The highest BCUT2D eigenvalue weighted by Gasteiger charge is 2.21. The van der Waals surface area contributed by atoms with Gasteiger partial charge < -0.3 is 4.98 Å². The standard InChI is InChI=1S/C24H17F2N5O3S/c1-31-13-15(11-29-31)14-7-19-21(12-28-24(19)27-10-14)23(32)20-9-17(5-6-22(20)26)30-35(33,34)18-4-2-3-16(25)8-18/h2-13,30H,1H3,(H,27,28). The lowest BCUT2D eigenvalue weighted by atomic mass is 10.0. The van der Waals surface area contributed by atoms with E-state index in [0.29, 0.717) is 11.0 Å². The topological polar surface area (TPSA) is 110 Å². The summed E-state index contributed by atoms with van der Waals surface area (Å²) in [6, 6.07) is 9.47. The number of anilines is 1. The van der Waals surface area contributed by atoms with Crippen LogP contribution in [0, 0.1) is 11.6 Å². The molecule has 0 aliphatic rings. The minimum atomic E-state index is -4.16. The molecule has 5 rings (SSSR count).